The Kier molecular flexibility index (Phi) is 4.76. The maximum Gasteiger partial charge on any atom is 0.303 e. The Labute approximate surface area is 133 Å². The molecule has 7 heteroatoms. The molecule has 1 aliphatic carbocycles. The van der Waals surface area contributed by atoms with Gasteiger partial charge in [0.05, 0.1) is 20.1 Å². The number of rotatable bonds is 5. The molecular weight excluding hydrogens is 374 g/mol. The van der Waals surface area contributed by atoms with Crippen LogP contribution in [-0.4, -0.2) is 11.1 Å². The van der Waals surface area contributed by atoms with Crippen molar-refractivity contribution in [2.24, 2.45) is 5.41 Å². The van der Waals surface area contributed by atoms with Gasteiger partial charge in [-0.1, -0.05) is 24.4 Å². The van der Waals surface area contributed by atoms with Crippen LogP contribution >= 0.6 is 38.9 Å². The Bertz CT molecular complexity index is 493. The van der Waals surface area contributed by atoms with Gasteiger partial charge in [0.15, 0.2) is 0 Å². The molecule has 112 valence electrons. The third-order valence-corrected chi connectivity index (χ3v) is 6.38. The van der Waals surface area contributed by atoms with E-state index in [0.29, 0.717) is 16.6 Å². The SMILES string of the molecule is O=C(O)CC1(CC(F)(F)c2cc(Cl)c(Br)s2)CCCC1. The molecule has 1 aromatic heterocycles. The highest BCUT2D eigenvalue weighted by atomic mass is 79.9. The van der Waals surface area contributed by atoms with Crippen LogP contribution in [0.25, 0.3) is 0 Å². The van der Waals surface area contributed by atoms with Crippen LogP contribution in [0, 0.1) is 5.41 Å². The lowest BCUT2D eigenvalue weighted by molar-refractivity contribution is -0.141. The number of carboxylic acid groups (broad SMARTS) is 1. The molecule has 0 atom stereocenters. The number of alkyl halides is 2. The van der Waals surface area contributed by atoms with Gasteiger partial charge in [0.25, 0.3) is 5.92 Å². The lowest BCUT2D eigenvalue weighted by Gasteiger charge is -2.31. The Morgan fingerprint density at radius 2 is 2.10 bits per heavy atom. The molecule has 1 aliphatic rings. The van der Waals surface area contributed by atoms with Crippen LogP contribution in [0.1, 0.15) is 43.4 Å². The minimum atomic E-state index is -3.04. The van der Waals surface area contributed by atoms with Crippen molar-refractivity contribution in [3.8, 4) is 0 Å². The number of hydrogen-bond donors (Lipinski definition) is 1. The molecule has 0 unspecified atom stereocenters. The van der Waals surface area contributed by atoms with Crippen LogP contribution in [0.15, 0.2) is 9.85 Å². The van der Waals surface area contributed by atoms with E-state index in [1.54, 1.807) is 0 Å². The lowest BCUT2D eigenvalue weighted by atomic mass is 9.77. The predicted molar refractivity (Wildman–Crippen MR) is 78.7 cm³/mol. The van der Waals surface area contributed by atoms with Crippen molar-refractivity contribution in [2.45, 2.75) is 44.4 Å². The van der Waals surface area contributed by atoms with Gasteiger partial charge in [-0.2, -0.15) is 0 Å². The van der Waals surface area contributed by atoms with Gasteiger partial charge >= 0.3 is 5.97 Å². The maximum absolute atomic E-state index is 14.4. The molecule has 0 amide bonds. The molecule has 1 N–H and O–H groups in total. The van der Waals surface area contributed by atoms with Crippen LogP contribution in [0.5, 0.6) is 0 Å². The molecular formula is C13H14BrClF2O2S. The highest BCUT2D eigenvalue weighted by Gasteiger charge is 2.46. The van der Waals surface area contributed by atoms with Crippen molar-refractivity contribution in [1.82, 2.24) is 0 Å². The van der Waals surface area contributed by atoms with Crippen molar-refractivity contribution >= 4 is 44.8 Å². The third-order valence-electron chi connectivity index (χ3n) is 3.79. The number of hydrogen-bond acceptors (Lipinski definition) is 2. The fourth-order valence-electron chi connectivity index (χ4n) is 2.95. The quantitative estimate of drug-likeness (QED) is 0.705. The summed E-state index contributed by atoms with van der Waals surface area (Å²) in [6, 6.07) is 1.26. The highest BCUT2D eigenvalue weighted by molar-refractivity contribution is 9.11. The molecule has 0 aromatic carbocycles. The molecule has 0 radical (unpaired) electrons. The van der Waals surface area contributed by atoms with Gasteiger partial charge < -0.3 is 5.11 Å². The van der Waals surface area contributed by atoms with Crippen LogP contribution in [0.3, 0.4) is 0 Å². The van der Waals surface area contributed by atoms with E-state index in [1.165, 1.54) is 6.07 Å². The normalized spacial score (nSPS) is 18.4. The third kappa shape index (κ3) is 3.52. The maximum atomic E-state index is 14.4. The predicted octanol–water partition coefficient (Wildman–Crippen LogP) is 5.68. The van der Waals surface area contributed by atoms with Crippen molar-refractivity contribution in [3.05, 3.63) is 19.8 Å². The molecule has 20 heavy (non-hydrogen) atoms. The molecule has 0 saturated heterocycles. The highest BCUT2D eigenvalue weighted by Crippen LogP contribution is 2.52. The molecule has 1 fully saturated rings. The van der Waals surface area contributed by atoms with Crippen LogP contribution in [-0.2, 0) is 10.7 Å². The first kappa shape index (κ1) is 16.2. The zero-order chi connectivity index (χ0) is 15.0. The number of thiophene rings is 1. The van der Waals surface area contributed by atoms with Gasteiger partial charge in [-0.05, 0) is 40.3 Å². The zero-order valence-corrected chi connectivity index (χ0v) is 13.8. The van der Waals surface area contributed by atoms with Crippen LogP contribution in [0.4, 0.5) is 8.78 Å². The summed E-state index contributed by atoms with van der Waals surface area (Å²) in [7, 11) is 0. The van der Waals surface area contributed by atoms with E-state index in [4.69, 9.17) is 16.7 Å². The summed E-state index contributed by atoms with van der Waals surface area (Å²) in [5, 5.41) is 9.25. The molecule has 1 heterocycles. The summed E-state index contributed by atoms with van der Waals surface area (Å²) in [5.74, 6) is -4.05. The van der Waals surface area contributed by atoms with Crippen molar-refractivity contribution < 1.29 is 18.7 Å². The second kappa shape index (κ2) is 5.89. The lowest BCUT2D eigenvalue weighted by Crippen LogP contribution is -2.29. The smallest absolute Gasteiger partial charge is 0.303 e. The first-order valence-electron chi connectivity index (χ1n) is 6.29. The van der Waals surface area contributed by atoms with E-state index in [-0.39, 0.29) is 16.3 Å². The van der Waals surface area contributed by atoms with E-state index in [9.17, 15) is 13.6 Å². The Morgan fingerprint density at radius 3 is 2.55 bits per heavy atom. The van der Waals surface area contributed by atoms with Crippen molar-refractivity contribution in [1.29, 1.82) is 0 Å². The molecule has 2 nitrogen and oxygen atoms in total. The average molecular weight is 388 g/mol. The fraction of sp³-hybridized carbons (Fsp3) is 0.615. The van der Waals surface area contributed by atoms with Gasteiger partial charge in [-0.25, -0.2) is 8.78 Å². The molecule has 0 bridgehead atoms. The topological polar surface area (TPSA) is 37.3 Å². The van der Waals surface area contributed by atoms with Gasteiger partial charge in [0.1, 0.15) is 0 Å². The first-order chi connectivity index (χ1) is 9.24. The monoisotopic (exact) mass is 386 g/mol. The second-order valence-corrected chi connectivity index (χ2v) is 8.17. The number of carbonyl (C=O) groups is 1. The molecule has 1 aromatic rings. The van der Waals surface area contributed by atoms with Crippen molar-refractivity contribution in [2.75, 3.05) is 0 Å². The van der Waals surface area contributed by atoms with E-state index in [1.807, 2.05) is 0 Å². The summed E-state index contributed by atoms with van der Waals surface area (Å²) in [6.07, 6.45) is 2.12. The van der Waals surface area contributed by atoms with Gasteiger partial charge in [0, 0.05) is 6.42 Å². The minimum absolute atomic E-state index is 0.106. The van der Waals surface area contributed by atoms with E-state index >= 15 is 0 Å². The zero-order valence-electron chi connectivity index (χ0n) is 10.6. The van der Waals surface area contributed by atoms with Crippen molar-refractivity contribution in [3.63, 3.8) is 0 Å². The Balaban J connectivity index is 2.22. The summed E-state index contributed by atoms with van der Waals surface area (Å²) < 4.78 is 29.3. The fourth-order valence-corrected chi connectivity index (χ4v) is 4.62. The Morgan fingerprint density at radius 1 is 1.50 bits per heavy atom. The minimum Gasteiger partial charge on any atom is -0.481 e. The standard InChI is InChI=1S/C13H14BrClF2O2S/c14-11-8(15)5-9(20-11)13(16,17)7-12(6-10(18)19)3-1-2-4-12/h5H,1-4,6-7H2,(H,18,19). The van der Waals surface area contributed by atoms with Gasteiger partial charge in [-0.15, -0.1) is 11.3 Å². The summed E-state index contributed by atoms with van der Waals surface area (Å²) in [6.45, 7) is 0. The van der Waals surface area contributed by atoms with E-state index in [0.717, 1.165) is 24.2 Å². The average Bonchev–Trinajstić information content (AvgIpc) is 2.86. The van der Waals surface area contributed by atoms with E-state index < -0.39 is 23.7 Å². The molecule has 0 aliphatic heterocycles. The molecule has 0 spiro atoms. The molecule has 1 saturated carbocycles. The molecule has 2 rings (SSSR count). The van der Waals surface area contributed by atoms with Crippen LogP contribution in [0.2, 0.25) is 5.02 Å². The van der Waals surface area contributed by atoms with Gasteiger partial charge in [-0.3, -0.25) is 4.79 Å². The van der Waals surface area contributed by atoms with Crippen LogP contribution < -0.4 is 0 Å². The number of carboxylic acids is 1. The second-order valence-electron chi connectivity index (χ2n) is 5.39. The number of halogens is 4. The summed E-state index contributed by atoms with van der Waals surface area (Å²) in [4.78, 5) is 10.9. The Hall–Kier alpha value is -0.200. The largest absolute Gasteiger partial charge is 0.481 e. The van der Waals surface area contributed by atoms with E-state index in [2.05, 4.69) is 15.9 Å². The first-order valence-corrected chi connectivity index (χ1v) is 8.28. The number of aliphatic carboxylic acids is 1. The summed E-state index contributed by atoms with van der Waals surface area (Å²) >= 11 is 9.85. The van der Waals surface area contributed by atoms with Gasteiger partial charge in [0.2, 0.25) is 0 Å². The summed E-state index contributed by atoms with van der Waals surface area (Å²) in [5.41, 5.74) is -0.793.